The molecule has 0 aliphatic carbocycles. The van der Waals surface area contributed by atoms with Gasteiger partial charge in [0.25, 0.3) is 11.7 Å². The maximum atomic E-state index is 13.7. The fraction of sp³-hybridized carbons (Fsp3) is 0.483. The number of Topliss-reactive ketones (excluding diaryl/α,β-unsaturated/α-hetero) is 1. The highest BCUT2D eigenvalue weighted by Crippen LogP contribution is 2.26. The number of urea groups is 1. The molecule has 1 aromatic heterocycles. The van der Waals surface area contributed by atoms with Gasteiger partial charge < -0.3 is 25.8 Å². The number of rotatable bonds is 8. The number of nitrogens with one attached hydrogen (secondary N) is 3. The Labute approximate surface area is 263 Å². The first-order chi connectivity index (χ1) is 20.9. The highest BCUT2D eigenvalue weighted by molar-refractivity contribution is 6.42. The third-order valence-electron chi connectivity index (χ3n) is 7.53. The van der Waals surface area contributed by atoms with Crippen molar-refractivity contribution in [1.29, 1.82) is 0 Å². The predicted octanol–water partition coefficient (Wildman–Crippen LogP) is 5.20. The third-order valence-corrected chi connectivity index (χ3v) is 8.11. The van der Waals surface area contributed by atoms with Gasteiger partial charge in [-0.15, -0.1) is 0 Å². The SMILES string of the molecule is CC(=NC(C(=O)C(=O)Nc1ccc(N2CCC(NC(=O)NCc3ccc(Cl)cc3Cl)CC2)nc1)C(F)(F)F)N1CCCCC1. The molecule has 238 valence electrons. The molecule has 44 heavy (non-hydrogen) atoms. The molecule has 2 aliphatic rings. The summed E-state index contributed by atoms with van der Waals surface area (Å²) in [4.78, 5) is 49.0. The summed E-state index contributed by atoms with van der Waals surface area (Å²) >= 11 is 12.0. The second-order valence-corrected chi connectivity index (χ2v) is 11.6. The minimum absolute atomic E-state index is 0.0562. The molecule has 0 bridgehead atoms. The summed E-state index contributed by atoms with van der Waals surface area (Å²) in [6, 6.07) is 4.97. The molecule has 10 nitrogen and oxygen atoms in total. The second-order valence-electron chi connectivity index (χ2n) is 10.7. The number of amidine groups is 1. The zero-order valence-electron chi connectivity index (χ0n) is 24.1. The molecule has 3 N–H and O–H groups in total. The first kappa shape index (κ1) is 33.3. The number of likely N-dealkylation sites (tertiary alicyclic amines) is 1. The van der Waals surface area contributed by atoms with Crippen molar-refractivity contribution in [3.63, 3.8) is 0 Å². The summed E-state index contributed by atoms with van der Waals surface area (Å²) in [6.45, 7) is 3.97. The van der Waals surface area contributed by atoms with Crippen LogP contribution in [0.3, 0.4) is 0 Å². The zero-order valence-corrected chi connectivity index (χ0v) is 25.6. The number of amides is 3. The zero-order chi connectivity index (χ0) is 31.9. The lowest BCUT2D eigenvalue weighted by Gasteiger charge is -2.33. The normalized spacial score (nSPS) is 17.2. The quantitative estimate of drug-likeness (QED) is 0.204. The van der Waals surface area contributed by atoms with E-state index in [-0.39, 0.29) is 30.1 Å². The first-order valence-electron chi connectivity index (χ1n) is 14.3. The summed E-state index contributed by atoms with van der Waals surface area (Å²) in [5, 5.41) is 8.92. The van der Waals surface area contributed by atoms with Crippen LogP contribution in [0.1, 0.15) is 44.6 Å². The lowest BCUT2D eigenvalue weighted by atomic mass is 10.1. The van der Waals surface area contributed by atoms with Crippen LogP contribution >= 0.6 is 23.2 Å². The first-order valence-corrected chi connectivity index (χ1v) is 15.1. The van der Waals surface area contributed by atoms with E-state index in [9.17, 15) is 27.6 Å². The number of anilines is 2. The van der Waals surface area contributed by atoms with Crippen LogP contribution in [0.4, 0.5) is 29.5 Å². The topological polar surface area (TPSA) is 119 Å². The lowest BCUT2D eigenvalue weighted by molar-refractivity contribution is -0.164. The minimum Gasteiger partial charge on any atom is -0.361 e. The van der Waals surface area contributed by atoms with Crippen molar-refractivity contribution >= 4 is 58.3 Å². The molecule has 2 fully saturated rings. The Balaban J connectivity index is 1.26. The van der Waals surface area contributed by atoms with E-state index in [1.165, 1.54) is 19.2 Å². The average Bonchev–Trinajstić information content (AvgIpc) is 2.99. The number of ketones is 1. The average molecular weight is 657 g/mol. The van der Waals surface area contributed by atoms with Gasteiger partial charge >= 0.3 is 12.2 Å². The van der Waals surface area contributed by atoms with Crippen molar-refractivity contribution in [3.05, 3.63) is 52.1 Å². The fourth-order valence-electron chi connectivity index (χ4n) is 5.06. The number of aliphatic imine (C=N–C) groups is 1. The molecule has 2 saturated heterocycles. The van der Waals surface area contributed by atoms with E-state index in [1.807, 2.05) is 4.90 Å². The van der Waals surface area contributed by atoms with Crippen LogP contribution in [0.2, 0.25) is 10.0 Å². The summed E-state index contributed by atoms with van der Waals surface area (Å²) in [5.41, 5.74) is 0.825. The van der Waals surface area contributed by atoms with Gasteiger partial charge in [0.2, 0.25) is 6.04 Å². The molecule has 0 spiro atoms. The Morgan fingerprint density at radius 1 is 1.05 bits per heavy atom. The van der Waals surface area contributed by atoms with Crippen molar-refractivity contribution in [1.82, 2.24) is 20.5 Å². The molecule has 0 saturated carbocycles. The number of aromatic nitrogens is 1. The molecular weight excluding hydrogens is 622 g/mol. The molecule has 15 heteroatoms. The Bertz CT molecular complexity index is 1360. The summed E-state index contributed by atoms with van der Waals surface area (Å²) < 4.78 is 41.1. The molecule has 1 aromatic carbocycles. The van der Waals surface area contributed by atoms with Gasteiger partial charge in [-0.1, -0.05) is 29.3 Å². The number of alkyl halides is 3. The molecule has 2 aromatic rings. The van der Waals surface area contributed by atoms with Crippen LogP contribution in [-0.4, -0.2) is 77.9 Å². The van der Waals surface area contributed by atoms with Gasteiger partial charge in [-0.3, -0.25) is 14.6 Å². The van der Waals surface area contributed by atoms with Gasteiger partial charge in [0.15, 0.2) is 0 Å². The smallest absolute Gasteiger partial charge is 0.361 e. The van der Waals surface area contributed by atoms with Crippen molar-refractivity contribution in [2.45, 2.75) is 63.8 Å². The Kier molecular flexibility index (Phi) is 11.3. The van der Waals surface area contributed by atoms with E-state index in [0.717, 1.165) is 24.8 Å². The van der Waals surface area contributed by atoms with Crippen molar-refractivity contribution < 1.29 is 27.6 Å². The number of carbonyl (C=O) groups excluding carboxylic acids is 3. The molecule has 2 aliphatic heterocycles. The number of carbonyl (C=O) groups is 3. The van der Waals surface area contributed by atoms with Crippen molar-refractivity contribution in [2.75, 3.05) is 36.4 Å². The van der Waals surface area contributed by atoms with E-state index in [0.29, 0.717) is 54.9 Å². The van der Waals surface area contributed by atoms with Gasteiger partial charge in [0.1, 0.15) is 5.82 Å². The third kappa shape index (κ3) is 9.21. The predicted molar refractivity (Wildman–Crippen MR) is 163 cm³/mol. The van der Waals surface area contributed by atoms with E-state index in [2.05, 4.69) is 25.9 Å². The largest absolute Gasteiger partial charge is 0.418 e. The highest BCUT2D eigenvalue weighted by Gasteiger charge is 2.47. The van der Waals surface area contributed by atoms with Gasteiger partial charge in [-0.25, -0.2) is 9.78 Å². The Morgan fingerprint density at radius 3 is 2.36 bits per heavy atom. The van der Waals surface area contributed by atoms with Crippen LogP contribution in [0.25, 0.3) is 0 Å². The van der Waals surface area contributed by atoms with Crippen LogP contribution in [0, 0.1) is 0 Å². The number of pyridine rings is 1. The second kappa shape index (κ2) is 14.9. The number of benzene rings is 1. The maximum Gasteiger partial charge on any atom is 0.418 e. The van der Waals surface area contributed by atoms with Gasteiger partial charge in [-0.2, -0.15) is 13.2 Å². The number of piperidine rings is 2. The van der Waals surface area contributed by atoms with Crippen molar-refractivity contribution in [3.8, 4) is 0 Å². The van der Waals surface area contributed by atoms with Crippen LogP contribution in [0.15, 0.2) is 41.5 Å². The molecule has 0 radical (unpaired) electrons. The Hall–Kier alpha value is -3.58. The molecular formula is C29H34Cl2F3N7O3. The Morgan fingerprint density at radius 2 is 1.75 bits per heavy atom. The lowest BCUT2D eigenvalue weighted by Crippen LogP contribution is -2.48. The minimum atomic E-state index is -5.01. The molecule has 1 unspecified atom stereocenters. The van der Waals surface area contributed by atoms with E-state index >= 15 is 0 Å². The standard InChI is InChI=1S/C29H34Cl2F3N7O3/c1-18(40-11-3-2-4-12-40)37-26(29(32,33)34)25(42)27(43)38-22-7-8-24(35-17-22)41-13-9-21(10-14-41)39-28(44)36-16-19-5-6-20(30)15-23(19)31/h5-8,15,17,21,26H,2-4,9-14,16H2,1H3,(H,38,43)(H2,36,39,44). The van der Waals surface area contributed by atoms with Gasteiger partial charge in [0.05, 0.1) is 17.7 Å². The fourth-order valence-corrected chi connectivity index (χ4v) is 5.54. The van der Waals surface area contributed by atoms with Crippen LogP contribution in [0.5, 0.6) is 0 Å². The number of hydrogen-bond donors (Lipinski definition) is 3. The van der Waals surface area contributed by atoms with E-state index < -0.39 is 23.9 Å². The van der Waals surface area contributed by atoms with E-state index in [4.69, 9.17) is 23.2 Å². The number of halogens is 5. The monoisotopic (exact) mass is 655 g/mol. The highest BCUT2D eigenvalue weighted by atomic mass is 35.5. The summed E-state index contributed by atoms with van der Waals surface area (Å²) in [6.07, 6.45) is 0.214. The molecule has 1 atom stereocenters. The molecule has 4 rings (SSSR count). The van der Waals surface area contributed by atoms with Gasteiger partial charge in [-0.05, 0) is 68.9 Å². The van der Waals surface area contributed by atoms with Crippen molar-refractivity contribution in [2.24, 2.45) is 4.99 Å². The summed E-state index contributed by atoms with van der Waals surface area (Å²) in [7, 11) is 0. The number of hydrogen-bond acceptors (Lipinski definition) is 6. The van der Waals surface area contributed by atoms with Crippen LogP contribution < -0.4 is 20.9 Å². The number of nitrogens with zero attached hydrogens (tertiary/aromatic N) is 4. The summed E-state index contributed by atoms with van der Waals surface area (Å²) in [5.74, 6) is -2.43. The van der Waals surface area contributed by atoms with Crippen LogP contribution in [-0.2, 0) is 16.1 Å². The molecule has 3 amide bonds. The van der Waals surface area contributed by atoms with E-state index in [1.54, 1.807) is 29.2 Å². The maximum absolute atomic E-state index is 13.7. The molecule has 3 heterocycles. The van der Waals surface area contributed by atoms with Gasteiger partial charge in [0, 0.05) is 48.8 Å².